The first-order valence-corrected chi connectivity index (χ1v) is 3.74. The zero-order valence-electron chi connectivity index (χ0n) is 4.97. The highest BCUT2D eigenvalue weighted by atomic mass is 32.2. The molecule has 0 heterocycles. The van der Waals surface area contributed by atoms with E-state index in [4.69, 9.17) is 5.11 Å². The Kier molecular flexibility index (Phi) is 5.66. The minimum absolute atomic E-state index is 0.457. The third kappa shape index (κ3) is 6.31. The van der Waals surface area contributed by atoms with Crippen molar-refractivity contribution in [2.24, 2.45) is 0 Å². The summed E-state index contributed by atoms with van der Waals surface area (Å²) in [6, 6.07) is 0. The fourth-order valence-corrected chi connectivity index (χ4v) is 0.964. The van der Waals surface area contributed by atoms with Crippen LogP contribution in [-0.4, -0.2) is 16.3 Å². The van der Waals surface area contributed by atoms with Crippen molar-refractivity contribution < 1.29 is 5.11 Å². The van der Waals surface area contributed by atoms with Crippen LogP contribution in [0.4, 0.5) is 0 Å². The third-order valence-corrected chi connectivity index (χ3v) is 1.61. The quantitative estimate of drug-likeness (QED) is 0.462. The molecular weight excluding hydrogens is 120 g/mol. The second kappa shape index (κ2) is 5.45. The van der Waals surface area contributed by atoms with Gasteiger partial charge < -0.3 is 5.11 Å². The lowest BCUT2D eigenvalue weighted by Gasteiger charge is -2.00. The van der Waals surface area contributed by atoms with Crippen LogP contribution in [0, 0.1) is 13.8 Å². The highest BCUT2D eigenvalue weighted by Crippen LogP contribution is 2.08. The van der Waals surface area contributed by atoms with Gasteiger partial charge in [0.2, 0.25) is 0 Å². The molecule has 0 aliphatic rings. The molecule has 2 radical (unpaired) electrons. The van der Waals surface area contributed by atoms with Gasteiger partial charge in [-0.3, -0.25) is 0 Å². The summed E-state index contributed by atoms with van der Waals surface area (Å²) in [6.07, 6.45) is 2.01. The first-order valence-electron chi connectivity index (χ1n) is 2.69. The first kappa shape index (κ1) is 8.31. The van der Waals surface area contributed by atoms with Gasteiger partial charge in [-0.05, 0) is 19.1 Å². The Labute approximate surface area is 55.5 Å². The summed E-state index contributed by atoms with van der Waals surface area (Å²) < 4.78 is 0. The number of unbranched alkanes of at least 4 members (excludes halogenated alkanes) is 1. The summed E-state index contributed by atoms with van der Waals surface area (Å²) in [4.78, 5) is 0. The van der Waals surface area contributed by atoms with E-state index in [0.29, 0.717) is 0 Å². The number of thioether (sulfide) groups is 1. The molecule has 0 rings (SSSR count). The number of hydrogen-bond donors (Lipinski definition) is 1. The predicted octanol–water partition coefficient (Wildman–Crippen LogP) is 1.49. The van der Waals surface area contributed by atoms with Crippen molar-refractivity contribution >= 4 is 11.8 Å². The van der Waals surface area contributed by atoms with Crippen molar-refractivity contribution in [3.05, 3.63) is 13.8 Å². The summed E-state index contributed by atoms with van der Waals surface area (Å²) in [5, 5.41) is 8.61. The molecule has 0 amide bonds. The molecule has 1 N–H and O–H groups in total. The summed E-state index contributed by atoms with van der Waals surface area (Å²) in [5.41, 5.74) is -0.457. The molecule has 1 unspecified atom stereocenters. The predicted molar refractivity (Wildman–Crippen MR) is 38.4 cm³/mol. The van der Waals surface area contributed by atoms with Crippen LogP contribution < -0.4 is 0 Å². The van der Waals surface area contributed by atoms with Crippen LogP contribution in [-0.2, 0) is 0 Å². The molecule has 0 saturated carbocycles. The molecule has 0 spiro atoms. The van der Waals surface area contributed by atoms with Crippen LogP contribution >= 0.6 is 11.8 Å². The Balaban J connectivity index is 2.72. The highest BCUT2D eigenvalue weighted by Gasteiger charge is 1.92. The van der Waals surface area contributed by atoms with E-state index < -0.39 is 5.44 Å². The van der Waals surface area contributed by atoms with E-state index >= 15 is 0 Å². The van der Waals surface area contributed by atoms with Gasteiger partial charge in [0.05, 0.1) is 5.44 Å². The van der Waals surface area contributed by atoms with E-state index in [9.17, 15) is 0 Å². The Bertz CT molecular complexity index is 45.8. The van der Waals surface area contributed by atoms with Crippen molar-refractivity contribution in [2.45, 2.75) is 18.3 Å². The first-order chi connectivity index (χ1) is 3.77. The van der Waals surface area contributed by atoms with Crippen LogP contribution in [0.5, 0.6) is 0 Å². The Hall–Kier alpha value is 0.310. The van der Waals surface area contributed by atoms with Gasteiger partial charge >= 0.3 is 0 Å². The molecule has 0 aromatic carbocycles. The van der Waals surface area contributed by atoms with Gasteiger partial charge in [-0.25, -0.2) is 0 Å². The molecular formula is C6H12OS. The van der Waals surface area contributed by atoms with E-state index in [1.54, 1.807) is 0 Å². The standard InChI is InChI=1S/C6H12OS/c1-3-4-5-8-6(2)7/h6-7H,1-5H2. The molecule has 0 aromatic rings. The largest absolute Gasteiger partial charge is 0.382 e. The van der Waals surface area contributed by atoms with Gasteiger partial charge in [-0.15, -0.1) is 11.8 Å². The third-order valence-electron chi connectivity index (χ3n) is 0.705. The number of rotatable bonds is 4. The van der Waals surface area contributed by atoms with Crippen LogP contribution in [0.1, 0.15) is 12.8 Å². The van der Waals surface area contributed by atoms with Crippen molar-refractivity contribution in [3.63, 3.8) is 0 Å². The van der Waals surface area contributed by atoms with E-state index in [1.807, 2.05) is 0 Å². The molecule has 8 heavy (non-hydrogen) atoms. The number of aliphatic hydroxyl groups is 1. The lowest BCUT2D eigenvalue weighted by molar-refractivity contribution is 0.307. The SMILES string of the molecule is [CH2]CCCSC([CH2])O. The minimum Gasteiger partial charge on any atom is -0.382 e. The molecule has 2 heteroatoms. The fraction of sp³-hybridized carbons (Fsp3) is 0.667. The van der Waals surface area contributed by atoms with Crippen LogP contribution in [0.25, 0.3) is 0 Å². The number of aliphatic hydroxyl groups excluding tert-OH is 1. The summed E-state index contributed by atoms with van der Waals surface area (Å²) >= 11 is 1.46. The molecule has 0 aliphatic carbocycles. The zero-order chi connectivity index (χ0) is 6.41. The van der Waals surface area contributed by atoms with Gasteiger partial charge in [0, 0.05) is 0 Å². The van der Waals surface area contributed by atoms with E-state index in [2.05, 4.69) is 13.8 Å². The van der Waals surface area contributed by atoms with Crippen molar-refractivity contribution in [3.8, 4) is 0 Å². The van der Waals surface area contributed by atoms with Crippen molar-refractivity contribution in [2.75, 3.05) is 5.75 Å². The normalized spacial score (nSPS) is 13.9. The molecule has 0 bridgehead atoms. The Morgan fingerprint density at radius 2 is 2.25 bits per heavy atom. The van der Waals surface area contributed by atoms with Crippen LogP contribution in [0.2, 0.25) is 0 Å². The van der Waals surface area contributed by atoms with E-state index in [-0.39, 0.29) is 0 Å². The van der Waals surface area contributed by atoms with Crippen LogP contribution in [0.15, 0.2) is 0 Å². The molecule has 0 fully saturated rings. The average Bonchev–Trinajstić information content (AvgIpc) is 1.66. The maximum atomic E-state index is 8.61. The van der Waals surface area contributed by atoms with Gasteiger partial charge in [-0.2, -0.15) is 0 Å². The smallest absolute Gasteiger partial charge is 0.0994 e. The topological polar surface area (TPSA) is 20.2 Å². The Morgan fingerprint density at radius 1 is 1.62 bits per heavy atom. The lowest BCUT2D eigenvalue weighted by atomic mass is 10.4. The minimum atomic E-state index is -0.457. The summed E-state index contributed by atoms with van der Waals surface area (Å²) in [5.74, 6) is 0.966. The van der Waals surface area contributed by atoms with Gasteiger partial charge in [0.1, 0.15) is 0 Å². The Morgan fingerprint density at radius 3 is 2.62 bits per heavy atom. The molecule has 0 aromatic heterocycles. The molecule has 0 saturated heterocycles. The monoisotopic (exact) mass is 132 g/mol. The van der Waals surface area contributed by atoms with E-state index in [1.165, 1.54) is 11.8 Å². The lowest BCUT2D eigenvalue weighted by Crippen LogP contribution is -1.93. The molecule has 1 atom stereocenters. The molecule has 1 nitrogen and oxygen atoms in total. The maximum absolute atomic E-state index is 8.61. The second-order valence-electron chi connectivity index (χ2n) is 1.53. The molecule has 0 aliphatic heterocycles. The fourth-order valence-electron chi connectivity index (χ4n) is 0.321. The van der Waals surface area contributed by atoms with Crippen molar-refractivity contribution in [1.82, 2.24) is 0 Å². The summed E-state index contributed by atoms with van der Waals surface area (Å²) in [7, 11) is 0. The van der Waals surface area contributed by atoms with Gasteiger partial charge in [0.25, 0.3) is 0 Å². The molecule has 48 valence electrons. The summed E-state index contributed by atoms with van der Waals surface area (Å²) in [6.45, 7) is 7.08. The average molecular weight is 132 g/mol. The maximum Gasteiger partial charge on any atom is 0.0994 e. The second-order valence-corrected chi connectivity index (χ2v) is 2.82. The van der Waals surface area contributed by atoms with E-state index in [0.717, 1.165) is 18.6 Å². The zero-order valence-corrected chi connectivity index (χ0v) is 5.78. The van der Waals surface area contributed by atoms with Gasteiger partial charge in [0.15, 0.2) is 0 Å². The highest BCUT2D eigenvalue weighted by molar-refractivity contribution is 7.99. The number of hydrogen-bond acceptors (Lipinski definition) is 2. The van der Waals surface area contributed by atoms with Crippen molar-refractivity contribution in [1.29, 1.82) is 0 Å². The van der Waals surface area contributed by atoms with Gasteiger partial charge in [-0.1, -0.05) is 13.3 Å². The van der Waals surface area contributed by atoms with Crippen LogP contribution in [0.3, 0.4) is 0 Å².